The van der Waals surface area contributed by atoms with E-state index in [1.807, 2.05) is 26.0 Å². The van der Waals surface area contributed by atoms with Gasteiger partial charge in [0.25, 0.3) is 0 Å². The maximum atomic E-state index is 12.5. The molecule has 0 aliphatic carbocycles. The highest BCUT2D eigenvalue weighted by atomic mass is 35.5. The molecule has 2 aromatic rings. The van der Waals surface area contributed by atoms with Crippen molar-refractivity contribution in [3.05, 3.63) is 52.7 Å². The van der Waals surface area contributed by atoms with Crippen LogP contribution in [0.3, 0.4) is 0 Å². The first-order chi connectivity index (χ1) is 14.2. The van der Waals surface area contributed by atoms with E-state index in [2.05, 4.69) is 4.98 Å². The van der Waals surface area contributed by atoms with Crippen molar-refractivity contribution in [1.82, 2.24) is 9.88 Å². The number of nitrogens with zero attached hydrogens (tertiary/aromatic N) is 3. The number of carbonyl (C=O) groups is 3. The summed E-state index contributed by atoms with van der Waals surface area (Å²) in [7, 11) is 0. The second-order valence-corrected chi connectivity index (χ2v) is 8.88. The van der Waals surface area contributed by atoms with Crippen molar-refractivity contribution in [2.45, 2.75) is 39.7 Å². The minimum Gasteiger partial charge on any atom is -0.391 e. The number of pyridine rings is 1. The zero-order chi connectivity index (χ0) is 21.5. The molecule has 0 spiro atoms. The smallest absolute Gasteiger partial charge is 0.391 e. The standard InChI is InChI=1S/C22H22ClN3O4/c1-22(2)10-19(27)26(20(28)11-22)17-5-6-18(24-12-17)30-21(29)25-8-7-14-9-16(23)4-3-15(14)13-25/h3-6,9,12H,7-8,10-11,13H2,1-2H3. The van der Waals surface area contributed by atoms with Crippen molar-refractivity contribution in [2.75, 3.05) is 11.4 Å². The molecule has 1 saturated heterocycles. The molecular formula is C22H22ClN3O4. The molecule has 2 aliphatic rings. The third kappa shape index (κ3) is 4.16. The Labute approximate surface area is 179 Å². The molecule has 0 N–H and O–H groups in total. The lowest BCUT2D eigenvalue weighted by molar-refractivity contribution is -0.132. The number of ether oxygens (including phenoxy) is 1. The van der Waals surface area contributed by atoms with Crippen LogP contribution in [0.2, 0.25) is 5.02 Å². The van der Waals surface area contributed by atoms with Gasteiger partial charge in [0, 0.05) is 37.0 Å². The van der Waals surface area contributed by atoms with E-state index in [9.17, 15) is 14.4 Å². The minimum absolute atomic E-state index is 0.114. The number of carbonyl (C=O) groups excluding carboxylic acids is 3. The summed E-state index contributed by atoms with van der Waals surface area (Å²) in [6, 6.07) is 8.70. The number of fused-ring (bicyclic) bond motifs is 1. The molecule has 3 heterocycles. The van der Waals surface area contributed by atoms with Gasteiger partial charge in [-0.05, 0) is 41.2 Å². The Morgan fingerprint density at radius 1 is 1.10 bits per heavy atom. The van der Waals surface area contributed by atoms with Gasteiger partial charge in [-0.25, -0.2) is 14.7 Å². The number of halogens is 1. The molecule has 8 heteroatoms. The summed E-state index contributed by atoms with van der Waals surface area (Å²) >= 11 is 6.02. The van der Waals surface area contributed by atoms with Crippen molar-refractivity contribution >= 4 is 35.2 Å². The van der Waals surface area contributed by atoms with Gasteiger partial charge < -0.3 is 9.64 Å². The number of hydrogen-bond acceptors (Lipinski definition) is 5. The Balaban J connectivity index is 1.41. The average Bonchev–Trinajstić information content (AvgIpc) is 2.67. The second kappa shape index (κ2) is 7.72. The van der Waals surface area contributed by atoms with Crippen molar-refractivity contribution in [2.24, 2.45) is 5.41 Å². The third-order valence-corrected chi connectivity index (χ3v) is 5.60. The fraction of sp³-hybridized carbons (Fsp3) is 0.364. The Kier molecular flexibility index (Phi) is 5.24. The van der Waals surface area contributed by atoms with E-state index in [4.69, 9.17) is 16.3 Å². The van der Waals surface area contributed by atoms with E-state index in [1.54, 1.807) is 17.0 Å². The largest absolute Gasteiger partial charge is 0.416 e. The molecule has 0 atom stereocenters. The van der Waals surface area contributed by atoms with Crippen LogP contribution in [0.25, 0.3) is 0 Å². The van der Waals surface area contributed by atoms with E-state index in [1.165, 1.54) is 12.3 Å². The van der Waals surface area contributed by atoms with Crippen molar-refractivity contribution in [1.29, 1.82) is 0 Å². The fourth-order valence-electron chi connectivity index (χ4n) is 3.86. The lowest BCUT2D eigenvalue weighted by Gasteiger charge is -2.34. The molecule has 2 aliphatic heterocycles. The van der Waals surface area contributed by atoms with E-state index < -0.39 is 6.09 Å². The van der Waals surface area contributed by atoms with E-state index >= 15 is 0 Å². The molecule has 156 valence electrons. The van der Waals surface area contributed by atoms with Crippen molar-refractivity contribution in [3.8, 4) is 5.88 Å². The summed E-state index contributed by atoms with van der Waals surface area (Å²) in [5, 5.41) is 0.684. The zero-order valence-corrected chi connectivity index (χ0v) is 17.6. The van der Waals surface area contributed by atoms with Gasteiger partial charge in [-0.1, -0.05) is 31.5 Å². The third-order valence-electron chi connectivity index (χ3n) is 5.37. The first-order valence-corrected chi connectivity index (χ1v) is 10.2. The van der Waals surface area contributed by atoms with Crippen molar-refractivity contribution in [3.63, 3.8) is 0 Å². The summed E-state index contributed by atoms with van der Waals surface area (Å²) in [4.78, 5) is 44.2. The van der Waals surface area contributed by atoms with E-state index in [-0.39, 0.29) is 36.0 Å². The predicted molar refractivity (Wildman–Crippen MR) is 111 cm³/mol. The highest BCUT2D eigenvalue weighted by Gasteiger charge is 2.38. The van der Waals surface area contributed by atoms with Crippen LogP contribution in [0, 0.1) is 5.41 Å². The number of rotatable bonds is 2. The Morgan fingerprint density at radius 2 is 1.83 bits per heavy atom. The fourth-order valence-corrected chi connectivity index (χ4v) is 4.06. The highest BCUT2D eigenvalue weighted by molar-refractivity contribution is 6.30. The minimum atomic E-state index is -0.497. The molecule has 1 aromatic heterocycles. The molecule has 3 amide bonds. The van der Waals surface area contributed by atoms with Crippen LogP contribution in [0.1, 0.15) is 37.8 Å². The molecule has 1 fully saturated rings. The Bertz CT molecular complexity index is 1000. The monoisotopic (exact) mass is 427 g/mol. The number of imide groups is 1. The van der Waals surface area contributed by atoms with Gasteiger partial charge in [-0.2, -0.15) is 0 Å². The highest BCUT2D eigenvalue weighted by Crippen LogP contribution is 2.34. The summed E-state index contributed by atoms with van der Waals surface area (Å²) in [5.74, 6) is -0.396. The van der Waals surface area contributed by atoms with Crippen LogP contribution in [0.15, 0.2) is 36.5 Å². The summed E-state index contributed by atoms with van der Waals surface area (Å²) < 4.78 is 5.38. The Morgan fingerprint density at radius 3 is 2.50 bits per heavy atom. The molecule has 0 unspecified atom stereocenters. The van der Waals surface area contributed by atoms with Crippen LogP contribution < -0.4 is 9.64 Å². The number of aromatic nitrogens is 1. The van der Waals surface area contributed by atoms with E-state index in [0.717, 1.165) is 16.0 Å². The van der Waals surface area contributed by atoms with Crippen LogP contribution in [0.4, 0.5) is 10.5 Å². The maximum absolute atomic E-state index is 12.5. The molecule has 7 nitrogen and oxygen atoms in total. The number of anilines is 1. The number of hydrogen-bond donors (Lipinski definition) is 0. The number of amides is 3. The lowest BCUT2D eigenvalue weighted by Crippen LogP contribution is -2.46. The van der Waals surface area contributed by atoms with Gasteiger partial charge >= 0.3 is 6.09 Å². The quantitative estimate of drug-likeness (QED) is 0.677. The van der Waals surface area contributed by atoms with Gasteiger partial charge in [-0.15, -0.1) is 0 Å². The molecule has 0 saturated carbocycles. The van der Waals surface area contributed by atoms with Gasteiger partial charge in [0.05, 0.1) is 11.9 Å². The summed E-state index contributed by atoms with van der Waals surface area (Å²) in [6.07, 6.45) is 2.16. The van der Waals surface area contributed by atoms with Gasteiger partial charge in [0.2, 0.25) is 17.7 Å². The molecule has 0 bridgehead atoms. The van der Waals surface area contributed by atoms with Crippen LogP contribution >= 0.6 is 11.6 Å². The van der Waals surface area contributed by atoms with Gasteiger partial charge in [0.1, 0.15) is 0 Å². The molecule has 30 heavy (non-hydrogen) atoms. The van der Waals surface area contributed by atoms with Crippen molar-refractivity contribution < 1.29 is 19.1 Å². The second-order valence-electron chi connectivity index (χ2n) is 8.45. The summed E-state index contributed by atoms with van der Waals surface area (Å²) in [6.45, 7) is 4.76. The molecule has 4 rings (SSSR count). The molecule has 1 aromatic carbocycles. The number of piperidine rings is 1. The molecule has 0 radical (unpaired) electrons. The first-order valence-electron chi connectivity index (χ1n) is 9.78. The first kappa shape index (κ1) is 20.3. The lowest BCUT2D eigenvalue weighted by atomic mass is 9.81. The van der Waals surface area contributed by atoms with Gasteiger partial charge in [-0.3, -0.25) is 9.59 Å². The molecular weight excluding hydrogens is 406 g/mol. The Hall–Kier alpha value is -2.93. The zero-order valence-electron chi connectivity index (χ0n) is 16.9. The maximum Gasteiger partial charge on any atom is 0.416 e. The van der Waals surface area contributed by atoms with Gasteiger partial charge in [0.15, 0.2) is 0 Å². The SMILES string of the molecule is CC1(C)CC(=O)N(c2ccc(OC(=O)N3CCc4cc(Cl)ccc4C3)nc2)C(=O)C1. The van der Waals surface area contributed by atoms with Crippen LogP contribution in [-0.4, -0.2) is 34.3 Å². The normalized spacial score (nSPS) is 18.2. The predicted octanol–water partition coefficient (Wildman–Crippen LogP) is 3.97. The van der Waals surface area contributed by atoms with Crippen LogP contribution in [0.5, 0.6) is 5.88 Å². The van der Waals surface area contributed by atoms with E-state index in [0.29, 0.717) is 30.2 Å². The topological polar surface area (TPSA) is 79.8 Å². The average molecular weight is 428 g/mol. The van der Waals surface area contributed by atoms with Crippen LogP contribution in [-0.2, 0) is 22.6 Å². The summed E-state index contributed by atoms with van der Waals surface area (Å²) in [5.41, 5.74) is 2.21. The number of benzene rings is 1.